The lowest BCUT2D eigenvalue weighted by Gasteiger charge is -2.08. The number of halogens is 1. The first kappa shape index (κ1) is 19.1. The maximum Gasteiger partial charge on any atom is 0.193 e. The largest absolute Gasteiger partial charge is 0.394 e. The molecule has 0 saturated carbocycles. The third kappa shape index (κ3) is 7.66. The smallest absolute Gasteiger partial charge is 0.193 e. The molecule has 0 fully saturated rings. The van der Waals surface area contributed by atoms with E-state index in [9.17, 15) is 0 Å². The number of guanidine groups is 1. The van der Waals surface area contributed by atoms with Crippen molar-refractivity contribution in [3.8, 4) is 0 Å². The Morgan fingerprint density at radius 3 is 2.70 bits per heavy atom. The van der Waals surface area contributed by atoms with E-state index in [1.807, 2.05) is 18.2 Å². The molecular weight excluding hydrogens is 369 g/mol. The normalized spacial score (nSPS) is 11.1. The van der Waals surface area contributed by atoms with E-state index in [2.05, 4.69) is 24.2 Å². The van der Waals surface area contributed by atoms with E-state index >= 15 is 0 Å². The van der Waals surface area contributed by atoms with Gasteiger partial charge in [0.2, 0.25) is 0 Å². The first-order chi connectivity index (χ1) is 9.13. The maximum atomic E-state index is 8.53. The van der Waals surface area contributed by atoms with E-state index in [1.165, 1.54) is 11.1 Å². The number of nitrogens with one attached hydrogen (secondary N) is 1. The standard InChI is InChI=1S/C14H23N3O2.HI/c1-11-4-5-13(10-12(11)2)17-14(15)16-6-3-8-19-9-7-18;/h4-5,10,18H,3,6-9H2,1-2H3,(H3,15,16,17);1H. The molecule has 6 heteroatoms. The molecule has 0 aliphatic heterocycles. The van der Waals surface area contributed by atoms with E-state index < -0.39 is 0 Å². The number of hydrogen-bond acceptors (Lipinski definition) is 3. The molecule has 0 heterocycles. The zero-order valence-electron chi connectivity index (χ0n) is 12.1. The van der Waals surface area contributed by atoms with Gasteiger partial charge in [0.05, 0.1) is 13.2 Å². The minimum absolute atomic E-state index is 0. The van der Waals surface area contributed by atoms with E-state index in [4.69, 9.17) is 15.6 Å². The Balaban J connectivity index is 0.00000361. The zero-order valence-corrected chi connectivity index (χ0v) is 14.4. The third-order valence-electron chi connectivity index (χ3n) is 2.74. The van der Waals surface area contributed by atoms with Crippen molar-refractivity contribution in [1.82, 2.24) is 0 Å². The average molecular weight is 393 g/mol. The van der Waals surface area contributed by atoms with Crippen LogP contribution in [0.1, 0.15) is 17.5 Å². The number of nitrogens with zero attached hydrogens (tertiary/aromatic N) is 1. The van der Waals surface area contributed by atoms with Gasteiger partial charge in [-0.05, 0) is 43.5 Å². The molecule has 0 aromatic heterocycles. The number of aliphatic hydroxyl groups is 1. The summed E-state index contributed by atoms with van der Waals surface area (Å²) < 4.78 is 5.13. The van der Waals surface area contributed by atoms with Crippen LogP contribution in [0.3, 0.4) is 0 Å². The predicted molar refractivity (Wildman–Crippen MR) is 94.0 cm³/mol. The summed E-state index contributed by atoms with van der Waals surface area (Å²) >= 11 is 0. The number of aliphatic hydroxyl groups excluding tert-OH is 1. The second-order valence-electron chi connectivity index (χ2n) is 4.38. The van der Waals surface area contributed by atoms with Crippen molar-refractivity contribution in [2.45, 2.75) is 20.3 Å². The lowest BCUT2D eigenvalue weighted by atomic mass is 10.1. The molecule has 1 aromatic rings. The molecule has 0 bridgehead atoms. The highest BCUT2D eigenvalue weighted by Crippen LogP contribution is 2.13. The first-order valence-corrected chi connectivity index (χ1v) is 6.46. The quantitative estimate of drug-likeness (QED) is 0.287. The zero-order chi connectivity index (χ0) is 14.1. The van der Waals surface area contributed by atoms with Crippen LogP contribution in [0.25, 0.3) is 0 Å². The molecular formula is C14H24IN3O2. The lowest BCUT2D eigenvalue weighted by Crippen LogP contribution is -2.23. The molecule has 0 atom stereocenters. The Labute approximate surface area is 137 Å². The van der Waals surface area contributed by atoms with Gasteiger partial charge in [-0.25, -0.2) is 0 Å². The Kier molecular flexibility index (Phi) is 10.4. The molecule has 0 amide bonds. The van der Waals surface area contributed by atoms with Crippen LogP contribution in [0.5, 0.6) is 0 Å². The fourth-order valence-corrected chi connectivity index (χ4v) is 1.54. The highest BCUT2D eigenvalue weighted by molar-refractivity contribution is 14.0. The number of aryl methyl sites for hydroxylation is 2. The van der Waals surface area contributed by atoms with E-state index in [0.29, 0.717) is 25.7 Å². The molecule has 0 saturated heterocycles. The fraction of sp³-hybridized carbons (Fsp3) is 0.500. The first-order valence-electron chi connectivity index (χ1n) is 6.46. The summed E-state index contributed by atoms with van der Waals surface area (Å²) in [5, 5.41) is 11.6. The average Bonchev–Trinajstić information content (AvgIpc) is 2.38. The van der Waals surface area contributed by atoms with Crippen LogP contribution < -0.4 is 11.1 Å². The van der Waals surface area contributed by atoms with Crippen molar-refractivity contribution in [2.75, 3.05) is 31.7 Å². The molecule has 0 aliphatic carbocycles. The summed E-state index contributed by atoms with van der Waals surface area (Å²) in [7, 11) is 0. The van der Waals surface area contributed by atoms with Crippen LogP contribution in [-0.4, -0.2) is 37.4 Å². The molecule has 1 rings (SSSR count). The van der Waals surface area contributed by atoms with Crippen LogP contribution in [0.4, 0.5) is 5.69 Å². The van der Waals surface area contributed by atoms with Gasteiger partial charge in [-0.3, -0.25) is 4.99 Å². The summed E-state index contributed by atoms with van der Waals surface area (Å²) in [6, 6.07) is 6.07. The molecule has 0 spiro atoms. The van der Waals surface area contributed by atoms with Gasteiger partial charge in [-0.1, -0.05) is 6.07 Å². The van der Waals surface area contributed by atoms with Crippen molar-refractivity contribution in [2.24, 2.45) is 10.7 Å². The van der Waals surface area contributed by atoms with Crippen LogP contribution in [0.15, 0.2) is 23.2 Å². The Morgan fingerprint density at radius 2 is 2.05 bits per heavy atom. The number of aliphatic imine (C=N–C) groups is 1. The van der Waals surface area contributed by atoms with Gasteiger partial charge in [-0.15, -0.1) is 24.0 Å². The highest BCUT2D eigenvalue weighted by Gasteiger charge is 1.97. The summed E-state index contributed by atoms with van der Waals surface area (Å²) in [6.07, 6.45) is 0.787. The molecule has 4 N–H and O–H groups in total. The van der Waals surface area contributed by atoms with Crippen LogP contribution in [0, 0.1) is 13.8 Å². The number of anilines is 1. The monoisotopic (exact) mass is 393 g/mol. The van der Waals surface area contributed by atoms with Gasteiger partial charge in [0.25, 0.3) is 0 Å². The molecule has 0 radical (unpaired) electrons. The fourth-order valence-electron chi connectivity index (χ4n) is 1.54. The summed E-state index contributed by atoms with van der Waals surface area (Å²) in [4.78, 5) is 4.21. The molecule has 0 unspecified atom stereocenters. The van der Waals surface area contributed by atoms with Gasteiger partial charge in [-0.2, -0.15) is 0 Å². The van der Waals surface area contributed by atoms with Crippen LogP contribution >= 0.6 is 24.0 Å². The van der Waals surface area contributed by atoms with Crippen molar-refractivity contribution in [3.05, 3.63) is 29.3 Å². The minimum atomic E-state index is 0. The number of benzene rings is 1. The summed E-state index contributed by atoms with van der Waals surface area (Å²) in [5.41, 5.74) is 9.21. The number of nitrogens with two attached hydrogens (primary N) is 1. The summed E-state index contributed by atoms with van der Waals surface area (Å²) in [6.45, 7) is 5.76. The second-order valence-corrected chi connectivity index (χ2v) is 4.38. The van der Waals surface area contributed by atoms with Crippen LogP contribution in [-0.2, 0) is 4.74 Å². The highest BCUT2D eigenvalue weighted by atomic mass is 127. The minimum Gasteiger partial charge on any atom is -0.394 e. The van der Waals surface area contributed by atoms with E-state index in [1.54, 1.807) is 0 Å². The number of ether oxygens (including phenoxy) is 1. The SMILES string of the molecule is Cc1ccc(NC(N)=NCCCOCCO)cc1C.I. The molecule has 1 aromatic carbocycles. The van der Waals surface area contributed by atoms with Gasteiger partial charge in [0.1, 0.15) is 0 Å². The lowest BCUT2D eigenvalue weighted by molar-refractivity contribution is 0.0918. The van der Waals surface area contributed by atoms with Gasteiger partial charge < -0.3 is 20.9 Å². The molecule has 20 heavy (non-hydrogen) atoms. The second kappa shape index (κ2) is 10.9. The molecule has 114 valence electrons. The van der Waals surface area contributed by atoms with Crippen molar-refractivity contribution < 1.29 is 9.84 Å². The van der Waals surface area contributed by atoms with Gasteiger partial charge >= 0.3 is 0 Å². The van der Waals surface area contributed by atoms with Gasteiger partial charge in [0, 0.05) is 18.8 Å². The van der Waals surface area contributed by atoms with Crippen molar-refractivity contribution in [3.63, 3.8) is 0 Å². The van der Waals surface area contributed by atoms with Crippen molar-refractivity contribution in [1.29, 1.82) is 0 Å². The maximum absolute atomic E-state index is 8.53. The summed E-state index contributed by atoms with van der Waals surface area (Å²) in [5.74, 6) is 0.408. The third-order valence-corrected chi connectivity index (χ3v) is 2.74. The predicted octanol–water partition coefficient (Wildman–Crippen LogP) is 2.05. The Hall–Kier alpha value is -0.860. The topological polar surface area (TPSA) is 79.9 Å². The Bertz CT molecular complexity index is 425. The van der Waals surface area contributed by atoms with E-state index in [0.717, 1.165) is 12.1 Å². The van der Waals surface area contributed by atoms with Crippen LogP contribution in [0.2, 0.25) is 0 Å². The molecule has 5 nitrogen and oxygen atoms in total. The number of hydrogen-bond donors (Lipinski definition) is 3. The molecule has 0 aliphatic rings. The Morgan fingerprint density at radius 1 is 1.30 bits per heavy atom. The number of rotatable bonds is 7. The van der Waals surface area contributed by atoms with E-state index in [-0.39, 0.29) is 30.6 Å². The van der Waals surface area contributed by atoms with Crippen molar-refractivity contribution >= 4 is 35.6 Å². The van der Waals surface area contributed by atoms with Gasteiger partial charge in [0.15, 0.2) is 5.96 Å².